The Morgan fingerprint density at radius 3 is 2.68 bits per heavy atom. The molecular weight excluding hydrogens is 290 g/mol. The molecule has 3 aromatic carbocycles. The van der Waals surface area contributed by atoms with Gasteiger partial charge in [-0.1, -0.05) is 65.9 Å². The summed E-state index contributed by atoms with van der Waals surface area (Å²) in [5, 5.41) is 7.54. The van der Waals surface area contributed by atoms with Gasteiger partial charge in [0.15, 0.2) is 0 Å². The third-order valence-corrected chi connectivity index (χ3v) is 4.42. The molecule has 4 aromatic rings. The minimum Gasteiger partial charge on any atom is -0.253 e. The molecule has 22 heavy (non-hydrogen) atoms. The number of fused-ring (bicyclic) bond motifs is 2. The fourth-order valence-corrected chi connectivity index (χ4v) is 3.26. The molecule has 0 bridgehead atoms. The maximum atomic E-state index is 4.50. The van der Waals surface area contributed by atoms with E-state index < -0.39 is 0 Å². The van der Waals surface area contributed by atoms with Crippen molar-refractivity contribution in [3.63, 3.8) is 0 Å². The number of hydrogen-bond donors (Lipinski definition) is 1. The number of para-hydroxylation sites is 1. The first-order chi connectivity index (χ1) is 10.9. The highest BCUT2D eigenvalue weighted by Crippen LogP contribution is 2.25. The Morgan fingerprint density at radius 2 is 1.73 bits per heavy atom. The topological polar surface area (TPSA) is 37.3 Å². The van der Waals surface area contributed by atoms with Gasteiger partial charge < -0.3 is 0 Å². The monoisotopic (exact) mass is 303 g/mol. The summed E-state index contributed by atoms with van der Waals surface area (Å²) in [4.78, 5) is 4.50. The van der Waals surface area contributed by atoms with E-state index in [-0.39, 0.29) is 0 Å². The van der Waals surface area contributed by atoms with E-state index in [9.17, 15) is 0 Å². The second-order valence-corrected chi connectivity index (χ2v) is 5.96. The van der Waals surface area contributed by atoms with Gasteiger partial charge in [0, 0.05) is 5.56 Å². The van der Waals surface area contributed by atoms with Crippen LogP contribution in [-0.2, 0) is 0 Å². The average molecular weight is 303 g/mol. The molecular formula is C18H13N3S. The smallest absolute Gasteiger partial charge is 0.204 e. The Bertz CT molecular complexity index is 934. The number of hydrazone groups is 1. The van der Waals surface area contributed by atoms with Crippen LogP contribution in [0.5, 0.6) is 0 Å². The summed E-state index contributed by atoms with van der Waals surface area (Å²) >= 11 is 1.60. The van der Waals surface area contributed by atoms with E-state index in [1.54, 1.807) is 11.3 Å². The molecule has 106 valence electrons. The van der Waals surface area contributed by atoms with E-state index in [0.29, 0.717) is 0 Å². The fraction of sp³-hybridized carbons (Fsp3) is 0. The molecule has 1 N–H and O–H groups in total. The van der Waals surface area contributed by atoms with Gasteiger partial charge in [-0.05, 0) is 22.9 Å². The van der Waals surface area contributed by atoms with Crippen LogP contribution < -0.4 is 5.43 Å². The van der Waals surface area contributed by atoms with Crippen molar-refractivity contribution < 1.29 is 0 Å². The number of anilines is 1. The van der Waals surface area contributed by atoms with Crippen molar-refractivity contribution in [2.75, 3.05) is 5.43 Å². The number of thiazole rings is 1. The Labute approximate surface area is 131 Å². The number of benzene rings is 3. The quantitative estimate of drug-likeness (QED) is 0.432. The third-order valence-electron chi connectivity index (χ3n) is 3.48. The first-order valence-electron chi connectivity index (χ1n) is 7.02. The Hall–Kier alpha value is -2.72. The van der Waals surface area contributed by atoms with Crippen LogP contribution in [0.2, 0.25) is 0 Å². The highest BCUT2D eigenvalue weighted by molar-refractivity contribution is 7.22. The predicted molar refractivity (Wildman–Crippen MR) is 94.8 cm³/mol. The lowest BCUT2D eigenvalue weighted by Crippen LogP contribution is -1.90. The van der Waals surface area contributed by atoms with Crippen LogP contribution in [0.4, 0.5) is 5.13 Å². The molecule has 0 saturated heterocycles. The second-order valence-electron chi connectivity index (χ2n) is 4.93. The molecule has 4 rings (SSSR count). The first kappa shape index (κ1) is 13.0. The van der Waals surface area contributed by atoms with Crippen LogP contribution in [0.15, 0.2) is 71.8 Å². The van der Waals surface area contributed by atoms with Crippen LogP contribution in [0.25, 0.3) is 21.0 Å². The van der Waals surface area contributed by atoms with E-state index in [1.165, 1.54) is 10.8 Å². The van der Waals surface area contributed by atoms with E-state index in [1.807, 2.05) is 42.6 Å². The summed E-state index contributed by atoms with van der Waals surface area (Å²) in [6.07, 6.45) is 1.84. The predicted octanol–water partition coefficient (Wildman–Crippen LogP) is 4.90. The van der Waals surface area contributed by atoms with Crippen molar-refractivity contribution in [3.05, 3.63) is 72.3 Å². The first-order valence-corrected chi connectivity index (χ1v) is 7.84. The molecule has 0 aliphatic carbocycles. The number of nitrogens with one attached hydrogen (secondary N) is 1. The molecule has 0 amide bonds. The molecule has 4 heteroatoms. The summed E-state index contributed by atoms with van der Waals surface area (Å²) < 4.78 is 1.16. The van der Waals surface area contributed by atoms with Crippen molar-refractivity contribution in [3.8, 4) is 0 Å². The van der Waals surface area contributed by atoms with Crippen LogP contribution in [0.3, 0.4) is 0 Å². The van der Waals surface area contributed by atoms with Gasteiger partial charge in [-0.3, -0.25) is 5.43 Å². The average Bonchev–Trinajstić information content (AvgIpc) is 2.98. The Balaban J connectivity index is 1.61. The number of rotatable bonds is 3. The minimum atomic E-state index is 0.803. The summed E-state index contributed by atoms with van der Waals surface area (Å²) in [6.45, 7) is 0. The van der Waals surface area contributed by atoms with E-state index in [2.05, 4.69) is 45.8 Å². The molecule has 3 nitrogen and oxygen atoms in total. The fourth-order valence-electron chi connectivity index (χ4n) is 2.44. The molecule has 1 aromatic heterocycles. The van der Waals surface area contributed by atoms with Gasteiger partial charge in [0.2, 0.25) is 5.13 Å². The SMILES string of the molecule is C(=N\Nc1nc2ccccc2s1)/c1cccc2ccccc12. The highest BCUT2D eigenvalue weighted by Gasteiger charge is 2.01. The molecule has 0 fully saturated rings. The molecule has 0 radical (unpaired) electrons. The van der Waals surface area contributed by atoms with Crippen LogP contribution in [0, 0.1) is 0 Å². The third kappa shape index (κ3) is 2.44. The van der Waals surface area contributed by atoms with Gasteiger partial charge in [-0.15, -0.1) is 0 Å². The van der Waals surface area contributed by atoms with Crippen molar-refractivity contribution >= 4 is 43.7 Å². The number of aromatic nitrogens is 1. The minimum absolute atomic E-state index is 0.803. The standard InChI is InChI=1S/C18H13N3S/c1-2-9-15-13(6-1)7-5-8-14(15)12-19-21-18-20-16-10-3-4-11-17(16)22-18/h1-12H,(H,20,21)/b19-12+. The Morgan fingerprint density at radius 1 is 0.909 bits per heavy atom. The van der Waals surface area contributed by atoms with E-state index >= 15 is 0 Å². The van der Waals surface area contributed by atoms with Gasteiger partial charge in [0.1, 0.15) is 0 Å². The van der Waals surface area contributed by atoms with E-state index in [4.69, 9.17) is 0 Å². The van der Waals surface area contributed by atoms with Crippen LogP contribution in [-0.4, -0.2) is 11.2 Å². The lowest BCUT2D eigenvalue weighted by atomic mass is 10.1. The largest absolute Gasteiger partial charge is 0.253 e. The van der Waals surface area contributed by atoms with Crippen molar-refractivity contribution in [2.24, 2.45) is 5.10 Å². The maximum Gasteiger partial charge on any atom is 0.204 e. The molecule has 0 spiro atoms. The number of nitrogens with zero attached hydrogens (tertiary/aromatic N) is 2. The van der Waals surface area contributed by atoms with Gasteiger partial charge >= 0.3 is 0 Å². The zero-order chi connectivity index (χ0) is 14.8. The molecule has 0 aliphatic heterocycles. The van der Waals surface area contributed by atoms with Crippen LogP contribution >= 0.6 is 11.3 Å². The zero-order valence-corrected chi connectivity index (χ0v) is 12.5. The van der Waals surface area contributed by atoms with Gasteiger partial charge in [-0.25, -0.2) is 4.98 Å². The van der Waals surface area contributed by atoms with E-state index in [0.717, 1.165) is 20.9 Å². The zero-order valence-electron chi connectivity index (χ0n) is 11.7. The van der Waals surface area contributed by atoms with Crippen molar-refractivity contribution in [2.45, 2.75) is 0 Å². The van der Waals surface area contributed by atoms with Crippen molar-refractivity contribution in [1.82, 2.24) is 4.98 Å². The maximum absolute atomic E-state index is 4.50. The van der Waals surface area contributed by atoms with Crippen molar-refractivity contribution in [1.29, 1.82) is 0 Å². The lowest BCUT2D eigenvalue weighted by Gasteiger charge is -2.01. The lowest BCUT2D eigenvalue weighted by molar-refractivity contribution is 1.31. The molecule has 1 heterocycles. The van der Waals surface area contributed by atoms with Gasteiger partial charge in [-0.2, -0.15) is 5.10 Å². The van der Waals surface area contributed by atoms with Gasteiger partial charge in [0.25, 0.3) is 0 Å². The van der Waals surface area contributed by atoms with Gasteiger partial charge in [0.05, 0.1) is 16.4 Å². The number of hydrogen-bond acceptors (Lipinski definition) is 4. The normalized spacial score (nSPS) is 11.5. The second kappa shape index (κ2) is 5.58. The summed E-state index contributed by atoms with van der Waals surface area (Å²) in [5.41, 5.74) is 5.11. The Kier molecular flexibility index (Phi) is 3.29. The molecule has 0 unspecified atom stereocenters. The molecule has 0 saturated carbocycles. The van der Waals surface area contributed by atoms with Crippen LogP contribution in [0.1, 0.15) is 5.56 Å². The summed E-state index contributed by atoms with van der Waals surface area (Å²) in [5.74, 6) is 0. The molecule has 0 aliphatic rings. The highest BCUT2D eigenvalue weighted by atomic mass is 32.1. The summed E-state index contributed by atoms with van der Waals surface area (Å²) in [7, 11) is 0. The molecule has 0 atom stereocenters. The summed E-state index contributed by atoms with van der Waals surface area (Å²) in [6, 6.07) is 22.6.